The molecule has 0 saturated heterocycles. The van der Waals surface area contributed by atoms with Crippen molar-refractivity contribution in [1.82, 2.24) is 9.78 Å². The Labute approximate surface area is 150 Å². The fourth-order valence-electron chi connectivity index (χ4n) is 3.35. The number of thiophene rings is 1. The van der Waals surface area contributed by atoms with Gasteiger partial charge >= 0.3 is 0 Å². The fourth-order valence-corrected chi connectivity index (χ4v) is 4.53. The van der Waals surface area contributed by atoms with Crippen molar-refractivity contribution in [2.75, 3.05) is 6.54 Å². The van der Waals surface area contributed by atoms with E-state index in [0.29, 0.717) is 23.2 Å². The third kappa shape index (κ3) is 3.09. The zero-order valence-electron chi connectivity index (χ0n) is 13.6. The van der Waals surface area contributed by atoms with E-state index in [4.69, 9.17) is 16.6 Å². The van der Waals surface area contributed by atoms with E-state index >= 15 is 0 Å². The highest BCUT2D eigenvalue weighted by Gasteiger charge is 2.28. The van der Waals surface area contributed by atoms with Gasteiger partial charge in [0.25, 0.3) is 4.84 Å². The summed E-state index contributed by atoms with van der Waals surface area (Å²) < 4.78 is 7.55. The molecule has 1 aromatic carbocycles. The fraction of sp³-hybridized carbons (Fsp3) is 0.333. The first-order valence-corrected chi connectivity index (χ1v) is 9.51. The summed E-state index contributed by atoms with van der Waals surface area (Å²) in [5.74, 6) is 0.687. The summed E-state index contributed by atoms with van der Waals surface area (Å²) in [6, 6.07) is 12.9. The molecule has 1 aliphatic rings. The van der Waals surface area contributed by atoms with E-state index < -0.39 is 0 Å². The molecule has 1 unspecified atom stereocenters. The molecule has 1 aliphatic heterocycles. The van der Waals surface area contributed by atoms with E-state index in [1.807, 2.05) is 34.2 Å². The van der Waals surface area contributed by atoms with Crippen LogP contribution in [0, 0.1) is 4.84 Å². The molecular weight excluding hydrogens is 338 g/mol. The van der Waals surface area contributed by atoms with E-state index in [1.54, 1.807) is 0 Å². The van der Waals surface area contributed by atoms with Gasteiger partial charge in [-0.3, -0.25) is 0 Å². The molecule has 24 heavy (non-hydrogen) atoms. The predicted molar refractivity (Wildman–Crippen MR) is 96.8 cm³/mol. The summed E-state index contributed by atoms with van der Waals surface area (Å²) in [5.41, 5.74) is 2.66. The van der Waals surface area contributed by atoms with Gasteiger partial charge in [0.2, 0.25) is 5.89 Å². The highest BCUT2D eigenvalue weighted by atomic mass is 32.1. The maximum atomic E-state index is 5.71. The van der Waals surface area contributed by atoms with E-state index in [-0.39, 0.29) is 0 Å². The second kappa shape index (κ2) is 6.63. The third-order valence-corrected chi connectivity index (χ3v) is 6.02. The Kier molecular flexibility index (Phi) is 4.35. The number of hydrogen-bond donors (Lipinski definition) is 1. The number of hydrogen-bond acceptors (Lipinski definition) is 4. The predicted octanol–water partition coefficient (Wildman–Crippen LogP) is 3.02. The van der Waals surface area contributed by atoms with Crippen LogP contribution in [0.2, 0.25) is 0 Å². The van der Waals surface area contributed by atoms with E-state index in [2.05, 4.69) is 35.6 Å². The SMILES string of the molecule is C[C@H]1c2ccsc2CC[NH+]1Cn1nc(Cc2ccccc2)oc1=S. The normalized spacial score (nSPS) is 20.0. The molecule has 1 N–H and O–H groups in total. The molecule has 3 heterocycles. The maximum absolute atomic E-state index is 5.71. The topological polar surface area (TPSA) is 35.4 Å². The number of quaternary nitrogens is 1. The molecule has 0 amide bonds. The number of aromatic nitrogens is 2. The average molecular weight is 359 g/mol. The molecule has 4 rings (SSSR count). The molecule has 0 saturated carbocycles. The van der Waals surface area contributed by atoms with E-state index in [1.165, 1.54) is 20.9 Å². The molecule has 0 spiro atoms. The van der Waals surface area contributed by atoms with Crippen molar-refractivity contribution in [3.63, 3.8) is 0 Å². The van der Waals surface area contributed by atoms with E-state index in [9.17, 15) is 0 Å². The third-order valence-electron chi connectivity index (χ3n) is 4.73. The lowest BCUT2D eigenvalue weighted by Crippen LogP contribution is -3.12. The molecule has 124 valence electrons. The molecule has 0 fully saturated rings. The summed E-state index contributed by atoms with van der Waals surface area (Å²) in [6.45, 7) is 4.15. The number of nitrogens with one attached hydrogen (secondary N) is 1. The van der Waals surface area contributed by atoms with Gasteiger partial charge in [-0.05, 0) is 36.2 Å². The first-order valence-electron chi connectivity index (χ1n) is 8.22. The number of nitrogens with zero attached hydrogens (tertiary/aromatic N) is 2. The van der Waals surface area contributed by atoms with E-state index in [0.717, 1.165) is 19.6 Å². The van der Waals surface area contributed by atoms with Crippen LogP contribution in [0.3, 0.4) is 0 Å². The number of benzene rings is 1. The lowest BCUT2D eigenvalue weighted by Gasteiger charge is -2.29. The van der Waals surface area contributed by atoms with Crippen molar-refractivity contribution in [2.24, 2.45) is 0 Å². The minimum absolute atomic E-state index is 0.469. The molecule has 2 atom stereocenters. The Balaban J connectivity index is 1.50. The average Bonchev–Trinajstić information content (AvgIpc) is 3.19. The molecule has 2 aromatic heterocycles. The second-order valence-electron chi connectivity index (χ2n) is 6.26. The van der Waals surface area contributed by atoms with Gasteiger partial charge < -0.3 is 9.32 Å². The Morgan fingerprint density at radius 1 is 1.33 bits per heavy atom. The van der Waals surface area contributed by atoms with Gasteiger partial charge in [-0.1, -0.05) is 30.3 Å². The van der Waals surface area contributed by atoms with Gasteiger partial charge in [0.15, 0.2) is 6.67 Å². The zero-order chi connectivity index (χ0) is 16.5. The zero-order valence-corrected chi connectivity index (χ0v) is 15.2. The maximum Gasteiger partial charge on any atom is 0.291 e. The van der Waals surface area contributed by atoms with Crippen molar-refractivity contribution < 1.29 is 9.32 Å². The van der Waals surface area contributed by atoms with Crippen LogP contribution in [-0.4, -0.2) is 16.3 Å². The standard InChI is InChI=1S/C18H19N3OS2/c1-13-15-8-10-24-16(15)7-9-20(13)12-21-18(23)22-17(19-21)11-14-5-3-2-4-6-14/h2-6,8,10,13H,7,9,11-12H2,1H3/p+1/t13-/m0/s1. The first kappa shape index (κ1) is 15.7. The van der Waals surface area contributed by atoms with Crippen molar-refractivity contribution in [1.29, 1.82) is 0 Å². The van der Waals surface area contributed by atoms with Gasteiger partial charge in [-0.15, -0.1) is 16.4 Å². The van der Waals surface area contributed by atoms with Crippen molar-refractivity contribution in [3.05, 3.63) is 68.5 Å². The van der Waals surface area contributed by atoms with Crippen LogP contribution >= 0.6 is 23.6 Å². The van der Waals surface area contributed by atoms with Gasteiger partial charge in [0.1, 0.15) is 6.04 Å². The van der Waals surface area contributed by atoms with Crippen molar-refractivity contribution >= 4 is 23.6 Å². The highest BCUT2D eigenvalue weighted by Crippen LogP contribution is 2.24. The largest absolute Gasteiger partial charge is 0.413 e. The Morgan fingerprint density at radius 3 is 3.00 bits per heavy atom. The summed E-state index contributed by atoms with van der Waals surface area (Å²) in [5, 5.41) is 6.80. The van der Waals surface area contributed by atoms with Crippen molar-refractivity contribution in [2.45, 2.75) is 32.5 Å². The smallest absolute Gasteiger partial charge is 0.291 e. The van der Waals surface area contributed by atoms with Crippen LogP contribution in [0.4, 0.5) is 0 Å². The molecule has 4 nitrogen and oxygen atoms in total. The quantitative estimate of drug-likeness (QED) is 0.728. The minimum Gasteiger partial charge on any atom is -0.413 e. The van der Waals surface area contributed by atoms with Crippen LogP contribution < -0.4 is 4.90 Å². The van der Waals surface area contributed by atoms with Crippen LogP contribution in [0.5, 0.6) is 0 Å². The van der Waals surface area contributed by atoms with Gasteiger partial charge in [0, 0.05) is 16.9 Å². The Morgan fingerprint density at radius 2 is 2.17 bits per heavy atom. The van der Waals surface area contributed by atoms with Crippen LogP contribution in [-0.2, 0) is 19.5 Å². The molecule has 0 radical (unpaired) electrons. The number of rotatable bonds is 4. The van der Waals surface area contributed by atoms with Crippen molar-refractivity contribution in [3.8, 4) is 0 Å². The lowest BCUT2D eigenvalue weighted by molar-refractivity contribution is -0.954. The summed E-state index contributed by atoms with van der Waals surface area (Å²) in [7, 11) is 0. The van der Waals surface area contributed by atoms with Gasteiger partial charge in [-0.25, -0.2) is 0 Å². The summed E-state index contributed by atoms with van der Waals surface area (Å²) in [6.07, 6.45) is 1.81. The summed E-state index contributed by atoms with van der Waals surface area (Å²) >= 11 is 7.25. The highest BCUT2D eigenvalue weighted by molar-refractivity contribution is 7.71. The second-order valence-corrected chi connectivity index (χ2v) is 7.61. The summed E-state index contributed by atoms with van der Waals surface area (Å²) in [4.78, 5) is 3.48. The number of fused-ring (bicyclic) bond motifs is 1. The van der Waals surface area contributed by atoms with Gasteiger partial charge in [0.05, 0.1) is 13.0 Å². The minimum atomic E-state index is 0.469. The van der Waals surface area contributed by atoms with Crippen LogP contribution in [0.25, 0.3) is 0 Å². The molecular formula is C18H20N3OS2+. The van der Waals surface area contributed by atoms with Gasteiger partial charge in [-0.2, -0.15) is 4.68 Å². The molecule has 0 bridgehead atoms. The monoisotopic (exact) mass is 358 g/mol. The Bertz CT molecular complexity index is 881. The van der Waals surface area contributed by atoms with Crippen LogP contribution in [0.15, 0.2) is 46.2 Å². The lowest BCUT2D eigenvalue weighted by atomic mass is 10.0. The Hall–Kier alpha value is -1.76. The molecule has 6 heteroatoms. The first-order chi connectivity index (χ1) is 11.7. The molecule has 3 aromatic rings. The molecule has 0 aliphatic carbocycles. The van der Waals surface area contributed by atoms with Crippen LogP contribution in [0.1, 0.15) is 34.9 Å².